The van der Waals surface area contributed by atoms with E-state index in [4.69, 9.17) is 5.11 Å². The molecule has 68 valence electrons. The maximum absolute atomic E-state index is 11.3. The summed E-state index contributed by atoms with van der Waals surface area (Å²) in [6.07, 6.45) is 5.26. The van der Waals surface area contributed by atoms with Crippen molar-refractivity contribution in [1.82, 2.24) is 5.32 Å². The molecule has 1 aliphatic rings. The van der Waals surface area contributed by atoms with Crippen LogP contribution in [0.25, 0.3) is 0 Å². The first-order valence-electron chi connectivity index (χ1n) is 4.31. The standard InChI is InChI=1S/C9H15NO2/c1-7(11)6-10-9(12)8-4-2-3-5-8/h2-3,7-8,11H,4-6H2,1H3,(H,10,12)/t7-/m1/s1. The topological polar surface area (TPSA) is 49.3 Å². The SMILES string of the molecule is C[C@@H](O)CNC(=O)C1CC=CC1. The van der Waals surface area contributed by atoms with Gasteiger partial charge in [-0.1, -0.05) is 12.2 Å². The smallest absolute Gasteiger partial charge is 0.223 e. The highest BCUT2D eigenvalue weighted by Crippen LogP contribution is 2.17. The molecule has 1 rings (SSSR count). The van der Waals surface area contributed by atoms with Crippen LogP contribution < -0.4 is 5.32 Å². The van der Waals surface area contributed by atoms with Crippen molar-refractivity contribution < 1.29 is 9.90 Å². The van der Waals surface area contributed by atoms with Crippen LogP contribution in [-0.2, 0) is 4.79 Å². The molecule has 0 aromatic carbocycles. The van der Waals surface area contributed by atoms with Crippen LogP contribution in [0.15, 0.2) is 12.2 Å². The Balaban J connectivity index is 2.20. The average molecular weight is 169 g/mol. The van der Waals surface area contributed by atoms with Crippen LogP contribution in [0.3, 0.4) is 0 Å². The molecule has 0 radical (unpaired) electrons. The molecule has 0 heterocycles. The third-order valence-electron chi connectivity index (χ3n) is 1.95. The number of hydrogen-bond acceptors (Lipinski definition) is 2. The molecule has 0 saturated heterocycles. The lowest BCUT2D eigenvalue weighted by Crippen LogP contribution is -2.34. The van der Waals surface area contributed by atoms with E-state index < -0.39 is 6.10 Å². The summed E-state index contributed by atoms with van der Waals surface area (Å²) >= 11 is 0. The first-order chi connectivity index (χ1) is 5.70. The summed E-state index contributed by atoms with van der Waals surface area (Å²) in [6, 6.07) is 0. The first-order valence-corrected chi connectivity index (χ1v) is 4.31. The van der Waals surface area contributed by atoms with Crippen LogP contribution >= 0.6 is 0 Å². The predicted molar refractivity (Wildman–Crippen MR) is 46.6 cm³/mol. The van der Waals surface area contributed by atoms with Gasteiger partial charge in [-0.25, -0.2) is 0 Å². The second-order valence-corrected chi connectivity index (χ2v) is 3.23. The summed E-state index contributed by atoms with van der Waals surface area (Å²) < 4.78 is 0. The monoisotopic (exact) mass is 169 g/mol. The van der Waals surface area contributed by atoms with Crippen LogP contribution in [0, 0.1) is 5.92 Å². The largest absolute Gasteiger partial charge is 0.392 e. The highest BCUT2D eigenvalue weighted by atomic mass is 16.3. The second kappa shape index (κ2) is 4.26. The van der Waals surface area contributed by atoms with Gasteiger partial charge >= 0.3 is 0 Å². The summed E-state index contributed by atoms with van der Waals surface area (Å²) in [4.78, 5) is 11.3. The third-order valence-corrected chi connectivity index (χ3v) is 1.95. The third kappa shape index (κ3) is 2.66. The molecule has 3 heteroatoms. The van der Waals surface area contributed by atoms with Crippen molar-refractivity contribution in [2.45, 2.75) is 25.9 Å². The van der Waals surface area contributed by atoms with E-state index in [-0.39, 0.29) is 11.8 Å². The highest BCUT2D eigenvalue weighted by molar-refractivity contribution is 5.79. The molecular formula is C9H15NO2. The Labute approximate surface area is 72.5 Å². The lowest BCUT2D eigenvalue weighted by Gasteiger charge is -2.11. The molecular weight excluding hydrogens is 154 g/mol. The van der Waals surface area contributed by atoms with E-state index in [0.717, 1.165) is 12.8 Å². The van der Waals surface area contributed by atoms with Crippen molar-refractivity contribution in [1.29, 1.82) is 0 Å². The Morgan fingerprint density at radius 3 is 2.75 bits per heavy atom. The number of aliphatic hydroxyl groups is 1. The van der Waals surface area contributed by atoms with E-state index in [0.29, 0.717) is 6.54 Å². The average Bonchev–Trinajstić information content (AvgIpc) is 2.51. The van der Waals surface area contributed by atoms with Crippen LogP contribution in [0.2, 0.25) is 0 Å². The summed E-state index contributed by atoms with van der Waals surface area (Å²) in [5.41, 5.74) is 0. The quantitative estimate of drug-likeness (QED) is 0.603. The van der Waals surface area contributed by atoms with Crippen molar-refractivity contribution >= 4 is 5.91 Å². The van der Waals surface area contributed by atoms with E-state index >= 15 is 0 Å². The minimum Gasteiger partial charge on any atom is -0.392 e. The fraction of sp³-hybridized carbons (Fsp3) is 0.667. The molecule has 12 heavy (non-hydrogen) atoms. The molecule has 0 saturated carbocycles. The van der Waals surface area contributed by atoms with Crippen LogP contribution in [0.4, 0.5) is 0 Å². The molecule has 0 aliphatic heterocycles. The van der Waals surface area contributed by atoms with Gasteiger partial charge in [0, 0.05) is 12.5 Å². The Morgan fingerprint density at radius 1 is 1.67 bits per heavy atom. The fourth-order valence-electron chi connectivity index (χ4n) is 1.22. The number of carbonyl (C=O) groups is 1. The van der Waals surface area contributed by atoms with Crippen LogP contribution in [0.5, 0.6) is 0 Å². The lowest BCUT2D eigenvalue weighted by atomic mass is 10.1. The van der Waals surface area contributed by atoms with Crippen LogP contribution in [0.1, 0.15) is 19.8 Å². The zero-order chi connectivity index (χ0) is 8.97. The molecule has 0 bridgehead atoms. The van der Waals surface area contributed by atoms with Crippen molar-refractivity contribution in [3.8, 4) is 0 Å². The summed E-state index contributed by atoms with van der Waals surface area (Å²) in [6.45, 7) is 2.02. The second-order valence-electron chi connectivity index (χ2n) is 3.23. The van der Waals surface area contributed by atoms with Crippen molar-refractivity contribution in [2.75, 3.05) is 6.54 Å². The van der Waals surface area contributed by atoms with Gasteiger partial charge in [0.2, 0.25) is 5.91 Å². The molecule has 0 aromatic heterocycles. The predicted octanol–water partition coefficient (Wildman–Crippen LogP) is 0.450. The number of nitrogens with one attached hydrogen (secondary N) is 1. The zero-order valence-electron chi connectivity index (χ0n) is 7.29. The number of rotatable bonds is 3. The normalized spacial score (nSPS) is 19.5. The number of amides is 1. The van der Waals surface area contributed by atoms with E-state index in [1.165, 1.54) is 0 Å². The van der Waals surface area contributed by atoms with Gasteiger partial charge in [-0.2, -0.15) is 0 Å². The number of allylic oxidation sites excluding steroid dienone is 2. The van der Waals surface area contributed by atoms with E-state index in [1.807, 2.05) is 12.2 Å². The van der Waals surface area contributed by atoms with Gasteiger partial charge in [0.05, 0.1) is 6.10 Å². The Hall–Kier alpha value is -0.830. The van der Waals surface area contributed by atoms with E-state index in [1.54, 1.807) is 6.92 Å². The van der Waals surface area contributed by atoms with Gasteiger partial charge in [0.1, 0.15) is 0 Å². The Kier molecular flexibility index (Phi) is 3.29. The highest BCUT2D eigenvalue weighted by Gasteiger charge is 2.18. The molecule has 0 aromatic rings. The molecule has 0 unspecified atom stereocenters. The van der Waals surface area contributed by atoms with Gasteiger partial charge in [-0.05, 0) is 19.8 Å². The molecule has 0 fully saturated rings. The maximum atomic E-state index is 11.3. The zero-order valence-corrected chi connectivity index (χ0v) is 7.29. The number of carbonyl (C=O) groups excluding carboxylic acids is 1. The maximum Gasteiger partial charge on any atom is 0.223 e. The van der Waals surface area contributed by atoms with Gasteiger partial charge < -0.3 is 10.4 Å². The first kappa shape index (κ1) is 9.26. The fourth-order valence-corrected chi connectivity index (χ4v) is 1.22. The Bertz CT molecular complexity index is 179. The molecule has 0 spiro atoms. The summed E-state index contributed by atoms with van der Waals surface area (Å²) in [7, 11) is 0. The van der Waals surface area contributed by atoms with Crippen molar-refractivity contribution in [3.63, 3.8) is 0 Å². The van der Waals surface area contributed by atoms with E-state index in [9.17, 15) is 4.79 Å². The molecule has 1 atom stereocenters. The minimum atomic E-state index is -0.455. The van der Waals surface area contributed by atoms with Gasteiger partial charge in [0.25, 0.3) is 0 Å². The summed E-state index contributed by atoms with van der Waals surface area (Å²) in [5, 5.41) is 11.6. The lowest BCUT2D eigenvalue weighted by molar-refractivity contribution is -0.125. The van der Waals surface area contributed by atoms with Gasteiger partial charge in [0.15, 0.2) is 0 Å². The van der Waals surface area contributed by atoms with E-state index in [2.05, 4.69) is 5.32 Å². The molecule has 3 nitrogen and oxygen atoms in total. The minimum absolute atomic E-state index is 0.0564. The molecule has 1 amide bonds. The van der Waals surface area contributed by atoms with Gasteiger partial charge in [-0.15, -0.1) is 0 Å². The van der Waals surface area contributed by atoms with Gasteiger partial charge in [-0.3, -0.25) is 4.79 Å². The number of hydrogen-bond donors (Lipinski definition) is 2. The molecule has 1 aliphatic carbocycles. The Morgan fingerprint density at radius 2 is 2.25 bits per heavy atom. The van der Waals surface area contributed by atoms with Crippen LogP contribution in [-0.4, -0.2) is 23.7 Å². The summed E-state index contributed by atoms with van der Waals surface area (Å²) in [5.74, 6) is 0.157. The van der Waals surface area contributed by atoms with Crippen molar-refractivity contribution in [3.05, 3.63) is 12.2 Å². The molecule has 2 N–H and O–H groups in total. The number of aliphatic hydroxyl groups excluding tert-OH is 1. The van der Waals surface area contributed by atoms with Crippen molar-refractivity contribution in [2.24, 2.45) is 5.92 Å².